The monoisotopic (exact) mass is 411 g/mol. The van der Waals surface area contributed by atoms with Crippen molar-refractivity contribution >= 4 is 40.3 Å². The topological polar surface area (TPSA) is 65.7 Å². The van der Waals surface area contributed by atoms with Gasteiger partial charge >= 0.3 is 0 Å². The number of ether oxygens (including phenoxy) is 1. The summed E-state index contributed by atoms with van der Waals surface area (Å²) in [4.78, 5) is 20.1. The zero-order chi connectivity index (χ0) is 20.8. The molecule has 6 heteroatoms. The Morgan fingerprint density at radius 1 is 0.967 bits per heavy atom. The lowest BCUT2D eigenvalue weighted by Gasteiger charge is -2.15. The number of amides is 1. The molecule has 5 nitrogen and oxygen atoms in total. The molecule has 1 fully saturated rings. The van der Waals surface area contributed by atoms with Crippen molar-refractivity contribution in [3.8, 4) is 11.8 Å². The van der Waals surface area contributed by atoms with Gasteiger partial charge in [0.1, 0.15) is 11.8 Å². The maximum atomic E-state index is 13.2. The van der Waals surface area contributed by atoms with Gasteiger partial charge in [-0.3, -0.25) is 9.69 Å². The van der Waals surface area contributed by atoms with Gasteiger partial charge in [0.2, 0.25) is 0 Å². The van der Waals surface area contributed by atoms with E-state index in [-0.39, 0.29) is 12.5 Å². The number of anilines is 1. The summed E-state index contributed by atoms with van der Waals surface area (Å²) in [5, 5.41) is 9.22. The molecule has 0 spiro atoms. The van der Waals surface area contributed by atoms with Crippen LogP contribution in [0.15, 0.2) is 94.8 Å². The third kappa shape index (κ3) is 4.43. The van der Waals surface area contributed by atoms with Crippen molar-refractivity contribution in [2.24, 2.45) is 4.99 Å². The fourth-order valence-corrected chi connectivity index (χ4v) is 3.89. The molecule has 1 amide bonds. The third-order valence-corrected chi connectivity index (χ3v) is 5.25. The number of thioether (sulfide) groups is 1. The minimum absolute atomic E-state index is 0.000119. The van der Waals surface area contributed by atoms with Gasteiger partial charge in [-0.05, 0) is 59.8 Å². The van der Waals surface area contributed by atoms with Gasteiger partial charge in [0.25, 0.3) is 5.91 Å². The van der Waals surface area contributed by atoms with Crippen molar-refractivity contribution in [3.63, 3.8) is 0 Å². The second-order valence-corrected chi connectivity index (χ2v) is 7.34. The summed E-state index contributed by atoms with van der Waals surface area (Å²) in [7, 11) is 0. The molecule has 0 aromatic heterocycles. The molecular formula is C24H17N3O2S. The second kappa shape index (κ2) is 9.12. The number of carbonyl (C=O) groups is 1. The number of aliphatic imine (C=N–C) groups is 1. The standard InChI is InChI=1S/C24H17N3O2S/c25-15-16-29-21-13-11-18(12-14-21)17-22-23(28)27(20-9-5-2-6-10-20)24(30-22)26-19-7-3-1-4-8-19/h1-14,17H,16H2/b22-17+,26-24?. The first-order valence-electron chi connectivity index (χ1n) is 9.27. The van der Waals surface area contributed by atoms with Gasteiger partial charge in [0, 0.05) is 0 Å². The Bertz CT molecular complexity index is 1130. The highest BCUT2D eigenvalue weighted by atomic mass is 32.2. The molecule has 3 aromatic carbocycles. The fraction of sp³-hybridized carbons (Fsp3) is 0.0417. The summed E-state index contributed by atoms with van der Waals surface area (Å²) < 4.78 is 5.28. The molecule has 1 heterocycles. The van der Waals surface area contributed by atoms with Crippen molar-refractivity contribution in [1.82, 2.24) is 0 Å². The van der Waals surface area contributed by atoms with E-state index in [4.69, 9.17) is 15.0 Å². The van der Waals surface area contributed by atoms with Gasteiger partial charge < -0.3 is 4.74 Å². The molecule has 146 valence electrons. The fourth-order valence-electron chi connectivity index (χ4n) is 2.89. The number of carbonyl (C=O) groups excluding carboxylic acids is 1. The molecule has 0 atom stereocenters. The molecule has 0 bridgehead atoms. The molecule has 30 heavy (non-hydrogen) atoms. The minimum Gasteiger partial charge on any atom is -0.479 e. The minimum atomic E-state index is -0.120. The first kappa shape index (κ1) is 19.5. The quantitative estimate of drug-likeness (QED) is 0.528. The van der Waals surface area contributed by atoms with E-state index in [0.29, 0.717) is 15.8 Å². The summed E-state index contributed by atoms with van der Waals surface area (Å²) in [6, 6.07) is 28.3. The lowest BCUT2D eigenvalue weighted by molar-refractivity contribution is -0.113. The molecule has 3 aromatic rings. The van der Waals surface area contributed by atoms with E-state index in [0.717, 1.165) is 16.9 Å². The third-order valence-electron chi connectivity index (χ3n) is 4.28. The van der Waals surface area contributed by atoms with Crippen LogP contribution in [0.3, 0.4) is 0 Å². The predicted molar refractivity (Wildman–Crippen MR) is 121 cm³/mol. The smallest absolute Gasteiger partial charge is 0.271 e. The highest BCUT2D eigenvalue weighted by molar-refractivity contribution is 8.19. The van der Waals surface area contributed by atoms with Crippen molar-refractivity contribution < 1.29 is 9.53 Å². The number of hydrogen-bond acceptors (Lipinski definition) is 5. The first-order valence-corrected chi connectivity index (χ1v) is 10.1. The Morgan fingerprint density at radius 2 is 1.63 bits per heavy atom. The van der Waals surface area contributed by atoms with Crippen molar-refractivity contribution in [3.05, 3.63) is 95.4 Å². The van der Waals surface area contributed by atoms with Crippen molar-refractivity contribution in [2.45, 2.75) is 0 Å². The first-order chi connectivity index (χ1) is 14.7. The van der Waals surface area contributed by atoms with Gasteiger partial charge in [-0.2, -0.15) is 5.26 Å². The van der Waals surface area contributed by atoms with Gasteiger partial charge in [-0.1, -0.05) is 48.5 Å². The zero-order valence-electron chi connectivity index (χ0n) is 15.9. The maximum absolute atomic E-state index is 13.2. The molecule has 0 unspecified atom stereocenters. The number of nitriles is 1. The van der Waals surface area contributed by atoms with E-state index < -0.39 is 0 Å². The molecule has 0 aliphatic carbocycles. The van der Waals surface area contributed by atoms with Crippen molar-refractivity contribution in [1.29, 1.82) is 5.26 Å². The predicted octanol–water partition coefficient (Wildman–Crippen LogP) is 5.40. The van der Waals surface area contributed by atoms with Crippen LogP contribution >= 0.6 is 11.8 Å². The summed E-state index contributed by atoms with van der Waals surface area (Å²) in [6.45, 7) is 0.000119. The van der Waals surface area contributed by atoms with Crippen molar-refractivity contribution in [2.75, 3.05) is 11.5 Å². The molecule has 1 saturated heterocycles. The average molecular weight is 411 g/mol. The van der Waals surface area contributed by atoms with Crippen LogP contribution in [0, 0.1) is 11.3 Å². The lowest BCUT2D eigenvalue weighted by atomic mass is 10.2. The Balaban J connectivity index is 1.67. The Labute approximate surface area is 178 Å². The number of nitrogens with zero attached hydrogens (tertiary/aromatic N) is 3. The van der Waals surface area contributed by atoms with E-state index in [9.17, 15) is 4.79 Å². The number of amidine groups is 1. The number of hydrogen-bond donors (Lipinski definition) is 0. The highest BCUT2D eigenvalue weighted by Gasteiger charge is 2.34. The van der Waals surface area contributed by atoms with Gasteiger partial charge in [0.05, 0.1) is 16.3 Å². The second-order valence-electron chi connectivity index (χ2n) is 6.33. The number of benzene rings is 3. The molecule has 1 aliphatic rings. The summed E-state index contributed by atoms with van der Waals surface area (Å²) in [6.07, 6.45) is 1.84. The van der Waals surface area contributed by atoms with E-state index in [2.05, 4.69) is 0 Å². The van der Waals surface area contributed by atoms with Crippen LogP contribution in [0.25, 0.3) is 6.08 Å². The van der Waals surface area contributed by atoms with Crippen LogP contribution in [0.4, 0.5) is 11.4 Å². The zero-order valence-corrected chi connectivity index (χ0v) is 16.8. The average Bonchev–Trinajstić information content (AvgIpc) is 3.09. The maximum Gasteiger partial charge on any atom is 0.271 e. The van der Waals surface area contributed by atoms with E-state index in [1.54, 1.807) is 17.0 Å². The Morgan fingerprint density at radius 3 is 2.30 bits per heavy atom. The number of para-hydroxylation sites is 2. The van der Waals surface area contributed by atoms with Crippen LogP contribution in [0.1, 0.15) is 5.56 Å². The molecule has 4 rings (SSSR count). The van der Waals surface area contributed by atoms with E-state index in [1.165, 1.54) is 11.8 Å². The van der Waals surface area contributed by atoms with Gasteiger partial charge in [-0.25, -0.2) is 4.99 Å². The van der Waals surface area contributed by atoms with E-state index >= 15 is 0 Å². The molecule has 0 N–H and O–H groups in total. The number of rotatable bonds is 5. The Kier molecular flexibility index (Phi) is 5.93. The molecular weight excluding hydrogens is 394 g/mol. The van der Waals surface area contributed by atoms with Crippen LogP contribution in [-0.4, -0.2) is 17.7 Å². The van der Waals surface area contributed by atoms with E-state index in [1.807, 2.05) is 84.9 Å². The summed E-state index contributed by atoms with van der Waals surface area (Å²) >= 11 is 1.34. The van der Waals surface area contributed by atoms with Crippen LogP contribution in [-0.2, 0) is 4.79 Å². The Hall–Kier alpha value is -3.82. The molecule has 1 aliphatic heterocycles. The SMILES string of the molecule is N#CCOc1ccc(/C=C2/SC(=Nc3ccccc3)N(c3ccccc3)C2=O)cc1. The van der Waals surface area contributed by atoms with Crippen LogP contribution < -0.4 is 9.64 Å². The largest absolute Gasteiger partial charge is 0.479 e. The van der Waals surface area contributed by atoms with Gasteiger partial charge in [-0.15, -0.1) is 0 Å². The molecule has 0 saturated carbocycles. The normalized spacial score (nSPS) is 16.1. The summed E-state index contributed by atoms with van der Waals surface area (Å²) in [5.74, 6) is 0.493. The lowest BCUT2D eigenvalue weighted by Crippen LogP contribution is -2.28. The summed E-state index contributed by atoms with van der Waals surface area (Å²) in [5.41, 5.74) is 2.42. The highest BCUT2D eigenvalue weighted by Crippen LogP contribution is 2.37. The van der Waals surface area contributed by atoms with Gasteiger partial charge in [0.15, 0.2) is 11.8 Å². The molecule has 0 radical (unpaired) electrons. The van der Waals surface area contributed by atoms with Crippen LogP contribution in [0.5, 0.6) is 5.75 Å². The van der Waals surface area contributed by atoms with Crippen LogP contribution in [0.2, 0.25) is 0 Å².